The van der Waals surface area contributed by atoms with E-state index in [4.69, 9.17) is 4.99 Å². The molecule has 2 nitrogen and oxygen atoms in total. The SMILES string of the molecule is CC1(C)CCC(C)(C)c2cc(Nc3cccc4c3N=C(c3ccccc3)C4(C)C)ccc21. The molecule has 2 aliphatic rings. The van der Waals surface area contributed by atoms with E-state index in [1.54, 1.807) is 0 Å². The van der Waals surface area contributed by atoms with Gasteiger partial charge in [-0.25, -0.2) is 4.99 Å². The number of rotatable bonds is 3. The zero-order valence-electron chi connectivity index (χ0n) is 20.2. The number of hydrogen-bond acceptors (Lipinski definition) is 2. The van der Waals surface area contributed by atoms with Gasteiger partial charge in [-0.05, 0) is 64.1 Å². The molecule has 1 aliphatic carbocycles. The molecule has 164 valence electrons. The summed E-state index contributed by atoms with van der Waals surface area (Å²) in [5, 5.41) is 3.72. The molecule has 0 unspecified atom stereocenters. The second-order valence-electron chi connectivity index (χ2n) is 11.3. The van der Waals surface area contributed by atoms with Crippen LogP contribution in [0.4, 0.5) is 17.1 Å². The summed E-state index contributed by atoms with van der Waals surface area (Å²) in [5.74, 6) is 0. The van der Waals surface area contributed by atoms with Crippen molar-refractivity contribution >= 4 is 22.8 Å². The number of fused-ring (bicyclic) bond motifs is 2. The standard InChI is InChI=1S/C30H34N2/c1-28(2)17-18-29(3,4)24-19-21(15-16-22(24)28)31-25-14-10-13-23-26(25)32-27(30(23,5)6)20-11-8-7-9-12-20/h7-16,19,31H,17-18H2,1-6H3. The van der Waals surface area contributed by atoms with Crippen LogP contribution >= 0.6 is 0 Å². The minimum absolute atomic E-state index is 0.129. The maximum atomic E-state index is 5.16. The third kappa shape index (κ3) is 3.28. The Morgan fingerprint density at radius 3 is 2.09 bits per heavy atom. The van der Waals surface area contributed by atoms with Crippen LogP contribution in [0.15, 0.2) is 71.7 Å². The van der Waals surface area contributed by atoms with Gasteiger partial charge in [-0.3, -0.25) is 0 Å². The van der Waals surface area contributed by atoms with Crippen molar-refractivity contribution < 1.29 is 0 Å². The molecule has 0 spiro atoms. The van der Waals surface area contributed by atoms with Gasteiger partial charge in [0.2, 0.25) is 0 Å². The Labute approximate surface area is 192 Å². The van der Waals surface area contributed by atoms with Crippen LogP contribution in [0.2, 0.25) is 0 Å². The predicted molar refractivity (Wildman–Crippen MR) is 137 cm³/mol. The summed E-state index contributed by atoms with van der Waals surface area (Å²) in [6.07, 6.45) is 2.45. The number of hydrogen-bond donors (Lipinski definition) is 1. The monoisotopic (exact) mass is 422 g/mol. The zero-order chi connectivity index (χ0) is 22.7. The number of anilines is 2. The van der Waals surface area contributed by atoms with Crippen molar-refractivity contribution in [1.29, 1.82) is 0 Å². The second-order valence-corrected chi connectivity index (χ2v) is 11.3. The van der Waals surface area contributed by atoms with Crippen LogP contribution in [0.1, 0.15) is 76.6 Å². The second kappa shape index (κ2) is 7.07. The molecule has 0 bridgehead atoms. The molecule has 32 heavy (non-hydrogen) atoms. The van der Waals surface area contributed by atoms with E-state index in [2.05, 4.69) is 114 Å². The molecule has 0 aromatic heterocycles. The Kier molecular flexibility index (Phi) is 4.64. The van der Waals surface area contributed by atoms with Crippen molar-refractivity contribution in [2.24, 2.45) is 4.99 Å². The Hall–Kier alpha value is -2.87. The summed E-state index contributed by atoms with van der Waals surface area (Å²) in [5.41, 5.74) is 10.2. The highest BCUT2D eigenvalue weighted by Gasteiger charge is 2.38. The lowest BCUT2D eigenvalue weighted by Gasteiger charge is -2.42. The third-order valence-electron chi connectivity index (χ3n) is 7.70. The lowest BCUT2D eigenvalue weighted by atomic mass is 9.63. The average Bonchev–Trinajstić information content (AvgIpc) is 3.04. The Balaban J connectivity index is 1.56. The van der Waals surface area contributed by atoms with E-state index in [9.17, 15) is 0 Å². The molecular weight excluding hydrogens is 388 g/mol. The molecule has 0 saturated heterocycles. The minimum atomic E-state index is -0.129. The Morgan fingerprint density at radius 2 is 1.38 bits per heavy atom. The van der Waals surface area contributed by atoms with Gasteiger partial charge in [0.05, 0.1) is 17.1 Å². The molecule has 0 saturated carbocycles. The van der Waals surface area contributed by atoms with E-state index in [-0.39, 0.29) is 16.2 Å². The molecule has 0 fully saturated rings. The first-order chi connectivity index (χ1) is 15.1. The van der Waals surface area contributed by atoms with E-state index in [1.807, 2.05) is 0 Å². The summed E-state index contributed by atoms with van der Waals surface area (Å²) in [6.45, 7) is 14.1. The molecule has 1 N–H and O–H groups in total. The van der Waals surface area contributed by atoms with Gasteiger partial charge in [0.1, 0.15) is 0 Å². The summed E-state index contributed by atoms with van der Waals surface area (Å²) in [4.78, 5) is 5.16. The normalized spacial score (nSPS) is 19.6. The van der Waals surface area contributed by atoms with Crippen LogP contribution in [-0.4, -0.2) is 5.71 Å². The van der Waals surface area contributed by atoms with Gasteiger partial charge in [-0.1, -0.05) is 90.1 Å². The Morgan fingerprint density at radius 1 is 0.688 bits per heavy atom. The first kappa shape index (κ1) is 21.0. The van der Waals surface area contributed by atoms with Crippen LogP contribution in [0.25, 0.3) is 0 Å². The Bertz CT molecular complexity index is 1210. The van der Waals surface area contributed by atoms with Gasteiger partial charge >= 0.3 is 0 Å². The van der Waals surface area contributed by atoms with E-state index < -0.39 is 0 Å². The fraction of sp³-hybridized carbons (Fsp3) is 0.367. The van der Waals surface area contributed by atoms with Crippen molar-refractivity contribution in [1.82, 2.24) is 0 Å². The number of benzene rings is 3. The average molecular weight is 423 g/mol. The maximum absolute atomic E-state index is 5.16. The van der Waals surface area contributed by atoms with E-state index in [1.165, 1.54) is 35.1 Å². The van der Waals surface area contributed by atoms with Gasteiger partial charge < -0.3 is 5.32 Å². The van der Waals surface area contributed by atoms with Gasteiger partial charge in [0.25, 0.3) is 0 Å². The largest absolute Gasteiger partial charge is 0.354 e. The number of aliphatic imine (C=N–C) groups is 1. The van der Waals surface area contributed by atoms with Crippen LogP contribution < -0.4 is 5.32 Å². The fourth-order valence-electron chi connectivity index (χ4n) is 5.49. The summed E-state index contributed by atoms with van der Waals surface area (Å²) >= 11 is 0. The first-order valence-corrected chi connectivity index (χ1v) is 11.8. The van der Waals surface area contributed by atoms with Gasteiger partial charge in [-0.15, -0.1) is 0 Å². The molecule has 3 aromatic rings. The molecule has 0 amide bonds. The van der Waals surface area contributed by atoms with Gasteiger partial charge in [0, 0.05) is 11.1 Å². The van der Waals surface area contributed by atoms with Crippen molar-refractivity contribution in [3.8, 4) is 0 Å². The van der Waals surface area contributed by atoms with Gasteiger partial charge in [-0.2, -0.15) is 0 Å². The highest BCUT2D eigenvalue weighted by Crippen LogP contribution is 2.48. The maximum Gasteiger partial charge on any atom is 0.0909 e. The lowest BCUT2D eigenvalue weighted by molar-refractivity contribution is 0.332. The highest BCUT2D eigenvalue weighted by atomic mass is 14.9. The predicted octanol–water partition coefficient (Wildman–Crippen LogP) is 8.19. The topological polar surface area (TPSA) is 24.4 Å². The van der Waals surface area contributed by atoms with Crippen LogP contribution in [-0.2, 0) is 16.2 Å². The summed E-state index contributed by atoms with van der Waals surface area (Å²) in [6, 6.07) is 24.0. The van der Waals surface area contributed by atoms with E-state index in [0.717, 1.165) is 22.8 Å². The summed E-state index contributed by atoms with van der Waals surface area (Å²) in [7, 11) is 0. The van der Waals surface area contributed by atoms with Crippen LogP contribution in [0.5, 0.6) is 0 Å². The van der Waals surface area contributed by atoms with Crippen molar-refractivity contribution in [2.45, 2.75) is 70.6 Å². The zero-order valence-corrected chi connectivity index (χ0v) is 20.2. The minimum Gasteiger partial charge on any atom is -0.354 e. The van der Waals surface area contributed by atoms with Crippen LogP contribution in [0, 0.1) is 0 Å². The number of para-hydroxylation sites is 1. The first-order valence-electron chi connectivity index (χ1n) is 11.8. The molecule has 2 heteroatoms. The molecular formula is C30H34N2. The van der Waals surface area contributed by atoms with Gasteiger partial charge in [0.15, 0.2) is 0 Å². The summed E-state index contributed by atoms with van der Waals surface area (Å²) < 4.78 is 0. The number of nitrogens with zero attached hydrogens (tertiary/aromatic N) is 1. The highest BCUT2D eigenvalue weighted by molar-refractivity contribution is 6.13. The molecule has 0 atom stereocenters. The van der Waals surface area contributed by atoms with E-state index in [0.29, 0.717) is 0 Å². The fourth-order valence-corrected chi connectivity index (χ4v) is 5.49. The van der Waals surface area contributed by atoms with Crippen molar-refractivity contribution in [2.75, 3.05) is 5.32 Å². The molecule has 3 aromatic carbocycles. The smallest absolute Gasteiger partial charge is 0.0909 e. The van der Waals surface area contributed by atoms with Crippen molar-refractivity contribution in [3.05, 3.63) is 89.0 Å². The lowest BCUT2D eigenvalue weighted by Crippen LogP contribution is -2.33. The third-order valence-corrected chi connectivity index (χ3v) is 7.70. The molecule has 0 radical (unpaired) electrons. The van der Waals surface area contributed by atoms with Crippen LogP contribution in [0.3, 0.4) is 0 Å². The molecule has 5 rings (SSSR count). The number of nitrogens with one attached hydrogen (secondary N) is 1. The van der Waals surface area contributed by atoms with E-state index >= 15 is 0 Å². The van der Waals surface area contributed by atoms with Crippen molar-refractivity contribution in [3.63, 3.8) is 0 Å². The molecule has 1 aliphatic heterocycles. The quantitative estimate of drug-likeness (QED) is 0.452. The molecule has 1 heterocycles.